The molecule has 0 aliphatic carbocycles. The molecule has 3 rings (SSSR count). The quantitative estimate of drug-likeness (QED) is 0.935. The van der Waals surface area contributed by atoms with Crippen molar-refractivity contribution in [3.8, 4) is 10.4 Å². The number of aromatic nitrogens is 1. The highest BCUT2D eigenvalue weighted by molar-refractivity contribution is 7.99. The highest BCUT2D eigenvalue weighted by Crippen LogP contribution is 2.33. The van der Waals surface area contributed by atoms with Crippen molar-refractivity contribution in [2.24, 2.45) is 5.73 Å². The minimum absolute atomic E-state index is 0.0561. The maximum absolute atomic E-state index is 13.1. The number of nitrogens with two attached hydrogens (primary N) is 1. The number of thiazole rings is 1. The molecule has 2 N–H and O–H groups in total. The molecule has 1 fully saturated rings. The predicted octanol–water partition coefficient (Wildman–Crippen LogP) is 2.73. The SMILES string of the molecule is Cc1nc(C(=O)N2CSC[C@H]2CN)c(-c2ccc(F)cc2)s1. The Hall–Kier alpha value is -1.44. The van der Waals surface area contributed by atoms with Gasteiger partial charge in [-0.05, 0) is 24.6 Å². The zero-order valence-electron chi connectivity index (χ0n) is 12.1. The van der Waals surface area contributed by atoms with Crippen LogP contribution in [0.1, 0.15) is 15.5 Å². The molecular weight excluding hydrogens is 321 g/mol. The second-order valence-electron chi connectivity index (χ2n) is 5.08. The molecule has 1 saturated heterocycles. The number of thioether (sulfide) groups is 1. The fourth-order valence-corrected chi connectivity index (χ4v) is 4.54. The smallest absolute Gasteiger partial charge is 0.274 e. The van der Waals surface area contributed by atoms with E-state index in [0.29, 0.717) is 18.1 Å². The van der Waals surface area contributed by atoms with Crippen LogP contribution in [0.3, 0.4) is 0 Å². The van der Waals surface area contributed by atoms with Gasteiger partial charge in [0.15, 0.2) is 0 Å². The van der Waals surface area contributed by atoms with Crippen LogP contribution in [0, 0.1) is 12.7 Å². The molecule has 0 unspecified atom stereocenters. The Balaban J connectivity index is 1.97. The molecule has 2 heterocycles. The summed E-state index contributed by atoms with van der Waals surface area (Å²) in [5.74, 6) is 1.11. The Labute approximate surface area is 136 Å². The molecular formula is C15H16FN3OS2. The average Bonchev–Trinajstić information content (AvgIpc) is 3.13. The molecule has 0 radical (unpaired) electrons. The van der Waals surface area contributed by atoms with Gasteiger partial charge >= 0.3 is 0 Å². The lowest BCUT2D eigenvalue weighted by atomic mass is 10.1. The number of hydrogen-bond acceptors (Lipinski definition) is 5. The number of carbonyl (C=O) groups is 1. The van der Waals surface area contributed by atoms with Crippen molar-refractivity contribution >= 4 is 29.0 Å². The first-order valence-electron chi connectivity index (χ1n) is 6.92. The van der Waals surface area contributed by atoms with Gasteiger partial charge in [-0.15, -0.1) is 23.1 Å². The van der Waals surface area contributed by atoms with E-state index in [-0.39, 0.29) is 17.8 Å². The molecule has 1 aromatic carbocycles. The molecule has 116 valence electrons. The first-order chi connectivity index (χ1) is 10.6. The highest BCUT2D eigenvalue weighted by atomic mass is 32.2. The van der Waals surface area contributed by atoms with Crippen molar-refractivity contribution in [3.05, 3.63) is 40.8 Å². The third-order valence-corrected chi connectivity index (χ3v) is 5.66. The number of halogens is 1. The van der Waals surface area contributed by atoms with Crippen molar-refractivity contribution in [2.45, 2.75) is 13.0 Å². The summed E-state index contributed by atoms with van der Waals surface area (Å²) in [5.41, 5.74) is 7.00. The largest absolute Gasteiger partial charge is 0.328 e. The van der Waals surface area contributed by atoms with Crippen molar-refractivity contribution in [1.82, 2.24) is 9.88 Å². The third kappa shape index (κ3) is 2.88. The van der Waals surface area contributed by atoms with Crippen molar-refractivity contribution < 1.29 is 9.18 Å². The first kappa shape index (κ1) is 15.5. The van der Waals surface area contributed by atoms with E-state index in [4.69, 9.17) is 5.73 Å². The van der Waals surface area contributed by atoms with E-state index in [2.05, 4.69) is 4.98 Å². The normalized spacial score (nSPS) is 18.0. The molecule has 1 aliphatic heterocycles. The summed E-state index contributed by atoms with van der Waals surface area (Å²) in [7, 11) is 0. The van der Waals surface area contributed by atoms with Crippen LogP contribution in [0.25, 0.3) is 10.4 Å². The van der Waals surface area contributed by atoms with Gasteiger partial charge in [0.05, 0.1) is 21.8 Å². The number of hydrogen-bond donors (Lipinski definition) is 1. The van der Waals surface area contributed by atoms with Gasteiger partial charge in [0.25, 0.3) is 5.91 Å². The molecule has 1 amide bonds. The topological polar surface area (TPSA) is 59.2 Å². The van der Waals surface area contributed by atoms with Crippen LogP contribution in [0.15, 0.2) is 24.3 Å². The molecule has 1 aliphatic rings. The van der Waals surface area contributed by atoms with E-state index < -0.39 is 0 Å². The van der Waals surface area contributed by atoms with Crippen LogP contribution in [0.4, 0.5) is 4.39 Å². The minimum atomic E-state index is -0.294. The molecule has 4 nitrogen and oxygen atoms in total. The lowest BCUT2D eigenvalue weighted by Gasteiger charge is -2.22. The number of benzene rings is 1. The van der Waals surface area contributed by atoms with Gasteiger partial charge in [0.1, 0.15) is 11.5 Å². The molecule has 22 heavy (non-hydrogen) atoms. The summed E-state index contributed by atoms with van der Waals surface area (Å²) < 4.78 is 13.1. The van der Waals surface area contributed by atoms with Crippen molar-refractivity contribution in [2.75, 3.05) is 18.2 Å². The lowest BCUT2D eigenvalue weighted by molar-refractivity contribution is 0.0748. The fraction of sp³-hybridized carbons (Fsp3) is 0.333. The molecule has 0 bridgehead atoms. The lowest BCUT2D eigenvalue weighted by Crippen LogP contribution is -2.41. The van der Waals surface area contributed by atoms with E-state index >= 15 is 0 Å². The molecule has 1 aromatic heterocycles. The van der Waals surface area contributed by atoms with E-state index in [1.165, 1.54) is 23.5 Å². The summed E-state index contributed by atoms with van der Waals surface area (Å²) in [5, 5.41) is 0.818. The number of rotatable bonds is 3. The maximum Gasteiger partial charge on any atom is 0.274 e. The Bertz CT molecular complexity index is 687. The van der Waals surface area contributed by atoms with Gasteiger partial charge in [0.2, 0.25) is 0 Å². The second kappa shape index (κ2) is 6.36. The van der Waals surface area contributed by atoms with E-state index in [1.807, 2.05) is 6.92 Å². The first-order valence-corrected chi connectivity index (χ1v) is 8.89. The van der Waals surface area contributed by atoms with Gasteiger partial charge in [-0.2, -0.15) is 0 Å². The number of nitrogens with zero attached hydrogens (tertiary/aromatic N) is 2. The fourth-order valence-electron chi connectivity index (χ4n) is 2.41. The van der Waals surface area contributed by atoms with Crippen LogP contribution in [0.5, 0.6) is 0 Å². The van der Waals surface area contributed by atoms with Crippen LogP contribution >= 0.6 is 23.1 Å². The minimum Gasteiger partial charge on any atom is -0.328 e. The highest BCUT2D eigenvalue weighted by Gasteiger charge is 2.32. The maximum atomic E-state index is 13.1. The van der Waals surface area contributed by atoms with E-state index in [9.17, 15) is 9.18 Å². The zero-order valence-corrected chi connectivity index (χ0v) is 13.7. The standard InChI is InChI=1S/C15H16FN3OS2/c1-9-18-13(15(20)19-8-21-7-12(19)6-17)14(22-9)10-2-4-11(16)5-3-10/h2-5,12H,6-8,17H2,1H3/t12-/m1/s1. The molecule has 0 saturated carbocycles. The number of amides is 1. The summed E-state index contributed by atoms with van der Waals surface area (Å²) in [6.07, 6.45) is 0. The predicted molar refractivity (Wildman–Crippen MR) is 88.6 cm³/mol. The second-order valence-corrected chi connectivity index (χ2v) is 7.28. The monoisotopic (exact) mass is 337 g/mol. The van der Waals surface area contributed by atoms with Gasteiger partial charge in [-0.25, -0.2) is 9.37 Å². The van der Waals surface area contributed by atoms with E-state index in [0.717, 1.165) is 21.2 Å². The van der Waals surface area contributed by atoms with Gasteiger partial charge in [-0.3, -0.25) is 4.79 Å². The number of aryl methyl sites for hydroxylation is 1. The van der Waals surface area contributed by atoms with Crippen LogP contribution in [-0.4, -0.2) is 40.0 Å². The molecule has 1 atom stereocenters. The molecule has 7 heteroatoms. The molecule has 2 aromatic rings. The Morgan fingerprint density at radius 2 is 2.18 bits per heavy atom. The zero-order chi connectivity index (χ0) is 15.7. The van der Waals surface area contributed by atoms with E-state index in [1.54, 1.807) is 28.8 Å². The van der Waals surface area contributed by atoms with Crippen molar-refractivity contribution in [3.63, 3.8) is 0 Å². The van der Waals surface area contributed by atoms with Crippen molar-refractivity contribution in [1.29, 1.82) is 0 Å². The summed E-state index contributed by atoms with van der Waals surface area (Å²) >= 11 is 3.15. The summed E-state index contributed by atoms with van der Waals surface area (Å²) in [6.45, 7) is 2.32. The summed E-state index contributed by atoms with van der Waals surface area (Å²) in [6, 6.07) is 6.21. The third-order valence-electron chi connectivity index (χ3n) is 3.56. The Morgan fingerprint density at radius 3 is 2.86 bits per heavy atom. The number of carbonyl (C=O) groups excluding carboxylic acids is 1. The average molecular weight is 337 g/mol. The van der Waals surface area contributed by atoms with Gasteiger partial charge < -0.3 is 10.6 Å². The van der Waals surface area contributed by atoms with Crippen LogP contribution in [-0.2, 0) is 0 Å². The molecule has 0 spiro atoms. The van der Waals surface area contributed by atoms with Gasteiger partial charge in [0, 0.05) is 12.3 Å². The Kier molecular flexibility index (Phi) is 4.46. The van der Waals surface area contributed by atoms with Gasteiger partial charge in [-0.1, -0.05) is 12.1 Å². The summed E-state index contributed by atoms with van der Waals surface area (Å²) in [4.78, 5) is 19.8. The Morgan fingerprint density at radius 1 is 1.45 bits per heavy atom. The van der Waals surface area contributed by atoms with Crippen LogP contribution in [0.2, 0.25) is 0 Å². The van der Waals surface area contributed by atoms with Crippen LogP contribution < -0.4 is 5.73 Å².